The molecule has 1 fully saturated rings. The largest absolute Gasteiger partial charge is 0.480 e. The lowest BCUT2D eigenvalue weighted by Crippen LogP contribution is -2.59. The minimum atomic E-state index is -0.779. The minimum Gasteiger partial charge on any atom is -0.480 e. The Morgan fingerprint density at radius 1 is 1.60 bits per heavy atom. The molecule has 0 aromatic heterocycles. The smallest absolute Gasteiger partial charge is 0.317 e. The van der Waals surface area contributed by atoms with Gasteiger partial charge in [0.1, 0.15) is 0 Å². The number of piperidine rings is 1. The lowest BCUT2D eigenvalue weighted by molar-refractivity contribution is -0.136. The zero-order valence-corrected chi connectivity index (χ0v) is 10.1. The summed E-state index contributed by atoms with van der Waals surface area (Å²) in [6.45, 7) is 7.71. The van der Waals surface area contributed by atoms with Crippen LogP contribution in [0.3, 0.4) is 0 Å². The molecule has 1 rings (SSSR count). The molecule has 0 radical (unpaired) electrons. The van der Waals surface area contributed by atoms with Gasteiger partial charge in [-0.3, -0.25) is 4.79 Å². The number of likely N-dealkylation sites (tertiary alicyclic amines) is 1. The van der Waals surface area contributed by atoms with Gasteiger partial charge in [-0.1, -0.05) is 6.92 Å². The standard InChI is InChI=1S/C11H22N2O2/c1-8-9(12-7-10(14)15)5-6-13(4)11(8,2)3/h8-9,12H,5-7H2,1-4H3,(H,14,15). The predicted octanol–water partition coefficient (Wildman–Crippen LogP) is 0.779. The van der Waals surface area contributed by atoms with E-state index in [-0.39, 0.29) is 12.1 Å². The molecule has 4 heteroatoms. The summed E-state index contributed by atoms with van der Waals surface area (Å²) in [5, 5.41) is 11.8. The molecule has 2 unspecified atom stereocenters. The van der Waals surface area contributed by atoms with Gasteiger partial charge in [-0.05, 0) is 39.8 Å². The van der Waals surface area contributed by atoms with Crippen LogP contribution in [0.2, 0.25) is 0 Å². The molecule has 0 saturated carbocycles. The number of carbonyl (C=O) groups is 1. The highest BCUT2D eigenvalue weighted by molar-refractivity contribution is 5.69. The minimum absolute atomic E-state index is 0.0643. The highest BCUT2D eigenvalue weighted by Crippen LogP contribution is 2.31. The van der Waals surface area contributed by atoms with Gasteiger partial charge in [0, 0.05) is 11.6 Å². The summed E-state index contributed by atoms with van der Waals surface area (Å²) in [5.74, 6) is -0.325. The normalized spacial score (nSPS) is 31.5. The molecule has 88 valence electrons. The van der Waals surface area contributed by atoms with Gasteiger partial charge in [-0.15, -0.1) is 0 Å². The van der Waals surface area contributed by atoms with Gasteiger partial charge < -0.3 is 15.3 Å². The molecule has 0 amide bonds. The summed E-state index contributed by atoms with van der Waals surface area (Å²) < 4.78 is 0. The van der Waals surface area contributed by atoms with E-state index >= 15 is 0 Å². The molecule has 15 heavy (non-hydrogen) atoms. The molecule has 0 bridgehead atoms. The second kappa shape index (κ2) is 4.49. The van der Waals surface area contributed by atoms with E-state index in [0.717, 1.165) is 13.0 Å². The van der Waals surface area contributed by atoms with Crippen LogP contribution in [0, 0.1) is 5.92 Å². The van der Waals surface area contributed by atoms with Gasteiger partial charge in [-0.2, -0.15) is 0 Å². The first-order valence-corrected chi connectivity index (χ1v) is 5.52. The molecule has 1 saturated heterocycles. The van der Waals surface area contributed by atoms with Gasteiger partial charge in [0.15, 0.2) is 0 Å². The molecule has 2 N–H and O–H groups in total. The van der Waals surface area contributed by atoms with Crippen molar-refractivity contribution >= 4 is 5.97 Å². The van der Waals surface area contributed by atoms with E-state index in [1.165, 1.54) is 0 Å². The zero-order valence-electron chi connectivity index (χ0n) is 10.1. The van der Waals surface area contributed by atoms with Crippen molar-refractivity contribution in [3.8, 4) is 0 Å². The average molecular weight is 214 g/mol. The van der Waals surface area contributed by atoms with Crippen LogP contribution in [0.25, 0.3) is 0 Å². The summed E-state index contributed by atoms with van der Waals surface area (Å²) in [4.78, 5) is 12.8. The molecular weight excluding hydrogens is 192 g/mol. The van der Waals surface area contributed by atoms with E-state index in [4.69, 9.17) is 5.11 Å². The molecule has 0 spiro atoms. The van der Waals surface area contributed by atoms with Gasteiger partial charge in [0.25, 0.3) is 0 Å². The quantitative estimate of drug-likeness (QED) is 0.729. The second-order valence-corrected chi connectivity index (χ2v) is 5.03. The van der Waals surface area contributed by atoms with Crippen molar-refractivity contribution < 1.29 is 9.90 Å². The van der Waals surface area contributed by atoms with E-state index in [2.05, 4.69) is 38.0 Å². The summed E-state index contributed by atoms with van der Waals surface area (Å²) in [6.07, 6.45) is 1.02. The van der Waals surface area contributed by atoms with Crippen LogP contribution in [-0.2, 0) is 4.79 Å². The van der Waals surface area contributed by atoms with Crippen molar-refractivity contribution in [2.24, 2.45) is 5.92 Å². The SMILES string of the molecule is CC1C(NCC(=O)O)CCN(C)C1(C)C. The maximum Gasteiger partial charge on any atom is 0.317 e. The van der Waals surface area contributed by atoms with E-state index in [0.29, 0.717) is 12.0 Å². The number of nitrogens with zero attached hydrogens (tertiary/aromatic N) is 1. The van der Waals surface area contributed by atoms with Crippen LogP contribution in [0.4, 0.5) is 0 Å². The first-order chi connectivity index (χ1) is 6.85. The molecule has 0 aromatic carbocycles. The van der Waals surface area contributed by atoms with Gasteiger partial charge in [-0.25, -0.2) is 0 Å². The molecule has 1 aliphatic rings. The summed E-state index contributed by atoms with van der Waals surface area (Å²) in [5.41, 5.74) is 0.133. The van der Waals surface area contributed by atoms with Crippen LogP contribution in [0.5, 0.6) is 0 Å². The van der Waals surface area contributed by atoms with Crippen molar-refractivity contribution in [1.29, 1.82) is 0 Å². The topological polar surface area (TPSA) is 52.6 Å². The van der Waals surface area contributed by atoms with E-state index < -0.39 is 5.97 Å². The Morgan fingerprint density at radius 2 is 2.20 bits per heavy atom. The Hall–Kier alpha value is -0.610. The lowest BCUT2D eigenvalue weighted by atomic mass is 9.77. The maximum atomic E-state index is 10.5. The number of carboxylic acid groups (broad SMARTS) is 1. The number of rotatable bonds is 3. The van der Waals surface area contributed by atoms with Crippen molar-refractivity contribution in [1.82, 2.24) is 10.2 Å². The van der Waals surface area contributed by atoms with Crippen LogP contribution < -0.4 is 5.32 Å². The number of carboxylic acids is 1. The number of nitrogens with one attached hydrogen (secondary N) is 1. The third-order valence-corrected chi connectivity index (χ3v) is 3.99. The first-order valence-electron chi connectivity index (χ1n) is 5.52. The molecule has 1 heterocycles. The van der Waals surface area contributed by atoms with Gasteiger partial charge in [0.05, 0.1) is 6.54 Å². The Morgan fingerprint density at radius 3 is 2.73 bits per heavy atom. The Bertz CT molecular complexity index is 241. The molecule has 2 atom stereocenters. The van der Waals surface area contributed by atoms with Gasteiger partial charge in [0.2, 0.25) is 0 Å². The molecular formula is C11H22N2O2. The Kier molecular flexibility index (Phi) is 3.73. The highest BCUT2D eigenvalue weighted by Gasteiger charge is 2.39. The number of aliphatic carboxylic acids is 1. The maximum absolute atomic E-state index is 10.5. The van der Waals surface area contributed by atoms with Crippen molar-refractivity contribution in [2.75, 3.05) is 20.1 Å². The van der Waals surface area contributed by atoms with Crippen LogP contribution in [0.1, 0.15) is 27.2 Å². The third-order valence-electron chi connectivity index (χ3n) is 3.99. The first kappa shape index (κ1) is 12.5. The third kappa shape index (κ3) is 2.69. The van der Waals surface area contributed by atoms with Crippen molar-refractivity contribution in [2.45, 2.75) is 38.8 Å². The second-order valence-electron chi connectivity index (χ2n) is 5.03. The van der Waals surface area contributed by atoms with Crippen LogP contribution in [-0.4, -0.2) is 47.7 Å². The Labute approximate surface area is 91.6 Å². The molecule has 1 aliphatic heterocycles. The zero-order chi connectivity index (χ0) is 11.6. The summed E-state index contributed by atoms with van der Waals surface area (Å²) in [7, 11) is 2.13. The molecule has 4 nitrogen and oxygen atoms in total. The summed E-state index contributed by atoms with van der Waals surface area (Å²) in [6, 6.07) is 0.312. The Balaban J connectivity index is 2.57. The van der Waals surface area contributed by atoms with Crippen LogP contribution >= 0.6 is 0 Å². The highest BCUT2D eigenvalue weighted by atomic mass is 16.4. The monoisotopic (exact) mass is 214 g/mol. The van der Waals surface area contributed by atoms with E-state index in [1.807, 2.05) is 0 Å². The van der Waals surface area contributed by atoms with Crippen molar-refractivity contribution in [3.63, 3.8) is 0 Å². The fourth-order valence-electron chi connectivity index (χ4n) is 2.21. The predicted molar refractivity (Wildman–Crippen MR) is 59.9 cm³/mol. The average Bonchev–Trinajstić information content (AvgIpc) is 2.14. The number of hydrogen-bond donors (Lipinski definition) is 2. The van der Waals surface area contributed by atoms with E-state index in [1.54, 1.807) is 0 Å². The summed E-state index contributed by atoms with van der Waals surface area (Å²) >= 11 is 0. The fraction of sp³-hybridized carbons (Fsp3) is 0.909. The molecule has 0 aromatic rings. The number of hydrogen-bond acceptors (Lipinski definition) is 3. The van der Waals surface area contributed by atoms with E-state index in [9.17, 15) is 4.79 Å². The van der Waals surface area contributed by atoms with Crippen LogP contribution in [0.15, 0.2) is 0 Å². The van der Waals surface area contributed by atoms with Crippen molar-refractivity contribution in [3.05, 3.63) is 0 Å². The van der Waals surface area contributed by atoms with Gasteiger partial charge >= 0.3 is 5.97 Å². The molecule has 0 aliphatic carbocycles. The lowest BCUT2D eigenvalue weighted by Gasteiger charge is -2.49. The fourth-order valence-corrected chi connectivity index (χ4v) is 2.21.